The zero-order chi connectivity index (χ0) is 12.6. The molecule has 0 fully saturated rings. The van der Waals surface area contributed by atoms with Crippen LogP contribution in [0, 0.1) is 0 Å². The second-order valence-corrected chi connectivity index (χ2v) is 3.23. The Labute approximate surface area is 92.9 Å². The van der Waals surface area contributed by atoms with E-state index in [1.165, 1.54) is 13.8 Å². The van der Waals surface area contributed by atoms with Crippen molar-refractivity contribution in [3.63, 3.8) is 0 Å². The van der Waals surface area contributed by atoms with E-state index in [2.05, 4.69) is 14.2 Å². The van der Waals surface area contributed by atoms with E-state index in [0.717, 1.165) is 0 Å². The minimum Gasteiger partial charge on any atom is -0.460 e. The Morgan fingerprint density at radius 2 is 1.50 bits per heavy atom. The normalized spacial score (nSPS) is 13.8. The molecule has 0 aliphatic carbocycles. The monoisotopic (exact) mass is 236 g/mol. The molecule has 0 rings (SSSR count). The quantitative estimate of drug-likeness (QED) is 0.596. The molecule has 2 N–H and O–H groups in total. The molecule has 0 heterocycles. The summed E-state index contributed by atoms with van der Waals surface area (Å²) in [4.78, 5) is 21.7. The van der Waals surface area contributed by atoms with Crippen LogP contribution < -0.4 is 0 Å². The lowest BCUT2D eigenvalue weighted by Gasteiger charge is -2.08. The van der Waals surface area contributed by atoms with Crippen molar-refractivity contribution < 1.29 is 34.0 Å². The van der Waals surface area contributed by atoms with Gasteiger partial charge in [0.1, 0.15) is 13.2 Å². The molecular weight excluding hydrogens is 220 g/mol. The highest BCUT2D eigenvalue weighted by Crippen LogP contribution is 1.91. The van der Waals surface area contributed by atoms with Gasteiger partial charge in [0.05, 0.1) is 12.2 Å². The van der Waals surface area contributed by atoms with Gasteiger partial charge in [-0.05, 0) is 13.8 Å². The summed E-state index contributed by atoms with van der Waals surface area (Å²) in [5.74, 6) is -0.783. The van der Waals surface area contributed by atoms with Crippen molar-refractivity contribution in [2.45, 2.75) is 26.1 Å². The van der Waals surface area contributed by atoms with Gasteiger partial charge in [0, 0.05) is 0 Å². The predicted molar refractivity (Wildman–Crippen MR) is 51.6 cm³/mol. The van der Waals surface area contributed by atoms with Crippen molar-refractivity contribution in [2.75, 3.05) is 19.8 Å². The Balaban J connectivity index is 3.55. The molecule has 94 valence electrons. The molecule has 2 unspecified atom stereocenters. The first-order valence-electron chi connectivity index (χ1n) is 4.73. The van der Waals surface area contributed by atoms with Crippen LogP contribution in [0.2, 0.25) is 0 Å². The van der Waals surface area contributed by atoms with Gasteiger partial charge in [0.15, 0.2) is 6.61 Å². The van der Waals surface area contributed by atoms with E-state index in [1.807, 2.05) is 0 Å². The molecule has 2 atom stereocenters. The van der Waals surface area contributed by atoms with Crippen molar-refractivity contribution >= 4 is 12.1 Å². The van der Waals surface area contributed by atoms with Gasteiger partial charge in [-0.1, -0.05) is 0 Å². The van der Waals surface area contributed by atoms with Crippen molar-refractivity contribution in [2.24, 2.45) is 0 Å². The molecule has 0 aromatic heterocycles. The maximum Gasteiger partial charge on any atom is 0.508 e. The summed E-state index contributed by atoms with van der Waals surface area (Å²) in [5, 5.41) is 17.6. The molecule has 0 bridgehead atoms. The maximum atomic E-state index is 10.9. The summed E-state index contributed by atoms with van der Waals surface area (Å²) in [6.45, 7) is 1.92. The first-order chi connectivity index (χ1) is 7.41. The second kappa shape index (κ2) is 7.89. The van der Waals surface area contributed by atoms with Crippen LogP contribution in [0.15, 0.2) is 0 Å². The number of ether oxygens (including phenoxy) is 3. The van der Waals surface area contributed by atoms with Crippen LogP contribution in [-0.2, 0) is 19.0 Å². The number of hydrogen-bond donors (Lipinski definition) is 2. The summed E-state index contributed by atoms with van der Waals surface area (Å²) in [7, 11) is 0. The first-order valence-corrected chi connectivity index (χ1v) is 4.73. The summed E-state index contributed by atoms with van der Waals surface area (Å²) < 4.78 is 13.3. The summed E-state index contributed by atoms with van der Waals surface area (Å²) >= 11 is 0. The number of hydrogen-bond acceptors (Lipinski definition) is 7. The molecule has 16 heavy (non-hydrogen) atoms. The fourth-order valence-electron chi connectivity index (χ4n) is 0.603. The lowest BCUT2D eigenvalue weighted by Crippen LogP contribution is -2.22. The van der Waals surface area contributed by atoms with E-state index in [4.69, 9.17) is 10.2 Å². The number of carbonyl (C=O) groups excluding carboxylic acids is 2. The van der Waals surface area contributed by atoms with Crippen LogP contribution in [0.1, 0.15) is 13.8 Å². The zero-order valence-electron chi connectivity index (χ0n) is 9.21. The minimum atomic E-state index is -1.06. The average molecular weight is 236 g/mol. The highest BCUT2D eigenvalue weighted by atomic mass is 16.7. The third kappa shape index (κ3) is 9.22. The minimum absolute atomic E-state index is 0.162. The lowest BCUT2D eigenvalue weighted by molar-refractivity contribution is -0.150. The van der Waals surface area contributed by atoms with E-state index in [0.29, 0.717) is 0 Å². The van der Waals surface area contributed by atoms with Crippen molar-refractivity contribution in [1.29, 1.82) is 0 Å². The van der Waals surface area contributed by atoms with Crippen LogP contribution >= 0.6 is 0 Å². The molecule has 7 nitrogen and oxygen atoms in total. The van der Waals surface area contributed by atoms with Crippen molar-refractivity contribution in [1.82, 2.24) is 0 Å². The first kappa shape index (κ1) is 14.7. The molecule has 0 radical (unpaired) electrons. The third-order valence-electron chi connectivity index (χ3n) is 1.24. The fourth-order valence-corrected chi connectivity index (χ4v) is 0.603. The topological polar surface area (TPSA) is 102 Å². The molecule has 0 aromatic carbocycles. The summed E-state index contributed by atoms with van der Waals surface area (Å²) in [6.07, 6.45) is -2.63. The standard InChI is InChI=1S/C9H16O7/c1-6(10)3-14-8(12)5-16-9(13)15-4-7(2)11/h6-7,10-11H,3-5H2,1-2H3. The molecule has 0 aromatic rings. The number of rotatable bonds is 6. The van der Waals surface area contributed by atoms with Gasteiger partial charge in [0.25, 0.3) is 0 Å². The van der Waals surface area contributed by atoms with Gasteiger partial charge < -0.3 is 24.4 Å². The molecule has 0 amide bonds. The summed E-state index contributed by atoms with van der Waals surface area (Å²) in [5.41, 5.74) is 0. The molecular formula is C9H16O7. The highest BCUT2D eigenvalue weighted by molar-refractivity contribution is 5.73. The molecule has 0 aliphatic rings. The molecule has 0 spiro atoms. The molecule has 7 heteroatoms. The molecule has 0 saturated carbocycles. The van der Waals surface area contributed by atoms with E-state index in [1.54, 1.807) is 0 Å². The zero-order valence-corrected chi connectivity index (χ0v) is 9.21. The third-order valence-corrected chi connectivity index (χ3v) is 1.24. The van der Waals surface area contributed by atoms with Crippen LogP contribution in [0.25, 0.3) is 0 Å². The van der Waals surface area contributed by atoms with Gasteiger partial charge in [-0.2, -0.15) is 0 Å². The molecule has 0 aliphatic heterocycles. The van der Waals surface area contributed by atoms with Gasteiger partial charge in [0.2, 0.25) is 0 Å². The van der Waals surface area contributed by atoms with Crippen LogP contribution in [0.4, 0.5) is 4.79 Å². The Morgan fingerprint density at radius 1 is 1.00 bits per heavy atom. The predicted octanol–water partition coefficient (Wildman–Crippen LogP) is -0.556. The van der Waals surface area contributed by atoms with Crippen LogP contribution in [-0.4, -0.2) is 54.4 Å². The number of esters is 1. The summed E-state index contributed by atoms with van der Waals surface area (Å²) in [6, 6.07) is 0. The van der Waals surface area contributed by atoms with Gasteiger partial charge in [-0.25, -0.2) is 9.59 Å². The number of aliphatic hydroxyl groups excluding tert-OH is 2. The molecule has 0 saturated heterocycles. The van der Waals surface area contributed by atoms with E-state index in [9.17, 15) is 9.59 Å². The van der Waals surface area contributed by atoms with Crippen LogP contribution in [0.5, 0.6) is 0 Å². The maximum absolute atomic E-state index is 10.9. The van der Waals surface area contributed by atoms with E-state index >= 15 is 0 Å². The van der Waals surface area contributed by atoms with Crippen LogP contribution in [0.3, 0.4) is 0 Å². The highest BCUT2D eigenvalue weighted by Gasteiger charge is 2.11. The lowest BCUT2D eigenvalue weighted by atomic mass is 10.4. The average Bonchev–Trinajstić information content (AvgIpc) is 2.20. The van der Waals surface area contributed by atoms with Crippen molar-refractivity contribution in [3.05, 3.63) is 0 Å². The number of carbonyl (C=O) groups is 2. The van der Waals surface area contributed by atoms with E-state index < -0.39 is 30.9 Å². The number of aliphatic hydroxyl groups is 2. The second-order valence-electron chi connectivity index (χ2n) is 3.23. The SMILES string of the molecule is CC(O)COC(=O)COC(=O)OCC(C)O. The largest absolute Gasteiger partial charge is 0.508 e. The van der Waals surface area contributed by atoms with Gasteiger partial charge in [-0.3, -0.25) is 0 Å². The van der Waals surface area contributed by atoms with Crippen molar-refractivity contribution in [3.8, 4) is 0 Å². The van der Waals surface area contributed by atoms with E-state index in [-0.39, 0.29) is 13.2 Å². The smallest absolute Gasteiger partial charge is 0.460 e. The Morgan fingerprint density at radius 3 is 2.00 bits per heavy atom. The Hall–Kier alpha value is -1.34. The Bertz CT molecular complexity index is 200. The Kier molecular flexibility index (Phi) is 7.23. The fraction of sp³-hybridized carbons (Fsp3) is 0.778. The van der Waals surface area contributed by atoms with Gasteiger partial charge >= 0.3 is 12.1 Å². The van der Waals surface area contributed by atoms with Gasteiger partial charge in [-0.15, -0.1) is 0 Å².